The Morgan fingerprint density at radius 1 is 0.875 bits per heavy atom. The van der Waals surface area contributed by atoms with E-state index >= 15 is 0 Å². The monoisotopic (exact) mass is 390 g/mol. The largest absolute Gasteiger partial charge is 1.00 e. The van der Waals surface area contributed by atoms with E-state index in [1.165, 1.54) is 51.0 Å². The molecule has 0 aliphatic rings. The maximum Gasteiger partial charge on any atom is 1.00 e. The Hall–Kier alpha value is 2.48. The minimum atomic E-state index is -0.822. The fourth-order valence-corrected chi connectivity index (χ4v) is 2.99. The minimum absolute atomic E-state index is 0. The van der Waals surface area contributed by atoms with E-state index in [1.54, 1.807) is 0 Å². The number of carboxylic acid groups (broad SMARTS) is 1. The van der Waals surface area contributed by atoms with Gasteiger partial charge in [-0.25, -0.2) is 4.79 Å². The normalized spacial score (nSPS) is 13.8. The van der Waals surface area contributed by atoms with Crippen LogP contribution >= 0.6 is 0 Å². The maximum absolute atomic E-state index is 10.5. The second-order valence-corrected chi connectivity index (χ2v) is 7.69. The van der Waals surface area contributed by atoms with Crippen LogP contribution in [0.15, 0.2) is 11.6 Å². The molecule has 4 heteroatoms. The van der Waals surface area contributed by atoms with Gasteiger partial charge in [0.2, 0.25) is 0 Å². The average molecular weight is 391 g/mol. The zero-order valence-corrected chi connectivity index (χ0v) is 23.8. The number of allylic oxidation sites excluding steroid dienone is 1. The van der Waals surface area contributed by atoms with Crippen LogP contribution in [0.25, 0.3) is 0 Å². The molecule has 1 N–H and O–H groups in total. The summed E-state index contributed by atoms with van der Waals surface area (Å²) in [6, 6.07) is 0. The van der Waals surface area contributed by atoms with Crippen LogP contribution in [0.5, 0.6) is 0 Å². The van der Waals surface area contributed by atoms with Crippen LogP contribution < -0.4 is 103 Å². The molecule has 2 nitrogen and oxygen atoms in total. The van der Waals surface area contributed by atoms with Gasteiger partial charge in [-0.3, -0.25) is 0 Å². The molecule has 0 radical (unpaired) electrons. The molecule has 0 aromatic heterocycles. The average Bonchev–Trinajstić information content (AvgIpc) is 2.37. The van der Waals surface area contributed by atoms with Gasteiger partial charge in [-0.05, 0) is 37.5 Å². The van der Waals surface area contributed by atoms with E-state index in [-0.39, 0.29) is 106 Å². The van der Waals surface area contributed by atoms with E-state index in [9.17, 15) is 4.79 Å². The molecule has 0 aliphatic carbocycles. The molecule has 24 heavy (non-hydrogen) atoms. The van der Waals surface area contributed by atoms with Crippen LogP contribution in [0.1, 0.15) is 95.3 Å². The number of rotatable bonds is 13. The smallest absolute Gasteiger partial charge is 1.00 e. The van der Waals surface area contributed by atoms with Crippen LogP contribution in [-0.2, 0) is 4.79 Å². The van der Waals surface area contributed by atoms with Crippen molar-refractivity contribution in [3.63, 3.8) is 0 Å². The molecule has 0 rings (SSSR count). The molecule has 134 valence electrons. The van der Waals surface area contributed by atoms with Gasteiger partial charge in [-0.15, -0.1) is 0 Å². The zero-order valence-electron chi connectivity index (χ0n) is 19.5. The Bertz CT molecular complexity index is 338. The Balaban J connectivity index is -0.000000367. The SMILES string of the molecule is C/C(=C\C(=O)O)CCC[C@H](C)CCC[C@H](C)CCCC(C)C.[H-].[H-].[K+].[K+]. The number of hydrogen-bond acceptors (Lipinski definition) is 1. The Morgan fingerprint density at radius 2 is 1.29 bits per heavy atom. The molecule has 0 saturated carbocycles. The molecule has 0 bridgehead atoms. The number of carboxylic acids is 1. The summed E-state index contributed by atoms with van der Waals surface area (Å²) in [7, 11) is 0. The van der Waals surface area contributed by atoms with E-state index in [0.29, 0.717) is 0 Å². The third-order valence-corrected chi connectivity index (χ3v) is 4.51. The second-order valence-electron chi connectivity index (χ2n) is 7.69. The van der Waals surface area contributed by atoms with Crippen molar-refractivity contribution in [2.75, 3.05) is 0 Å². The van der Waals surface area contributed by atoms with E-state index < -0.39 is 5.97 Å². The first kappa shape index (κ1) is 31.2. The van der Waals surface area contributed by atoms with Crippen LogP contribution in [0.4, 0.5) is 0 Å². The first-order chi connectivity index (χ1) is 10.3. The van der Waals surface area contributed by atoms with Gasteiger partial charge in [0.25, 0.3) is 0 Å². The van der Waals surface area contributed by atoms with Crippen LogP contribution in [-0.4, -0.2) is 11.1 Å². The topological polar surface area (TPSA) is 37.3 Å². The molecule has 0 fully saturated rings. The standard InChI is InChI=1S/C20H38O2.2K.2H/c1-16(2)9-6-10-17(3)11-7-12-18(4)13-8-14-19(5)15-20(21)22;;;;/h15-18H,6-14H2,1-5H3,(H,21,22);;;;/q;2*+1;2*-1/b19-15+;;;;/t17-,18-;;;;/m1..../s1. The molecule has 0 unspecified atom stereocenters. The molecule has 2 atom stereocenters. The van der Waals surface area contributed by atoms with Crippen LogP contribution in [0.2, 0.25) is 0 Å². The predicted octanol–water partition coefficient (Wildman–Crippen LogP) is 0.689. The fourth-order valence-electron chi connectivity index (χ4n) is 2.99. The third kappa shape index (κ3) is 22.5. The van der Waals surface area contributed by atoms with Crippen molar-refractivity contribution in [1.29, 1.82) is 0 Å². The van der Waals surface area contributed by atoms with Crippen molar-refractivity contribution in [3.8, 4) is 0 Å². The Morgan fingerprint density at radius 3 is 1.71 bits per heavy atom. The van der Waals surface area contributed by atoms with Gasteiger partial charge in [-0.1, -0.05) is 78.2 Å². The molecule has 0 aliphatic heterocycles. The first-order valence-electron chi connectivity index (χ1n) is 9.21. The molecule has 0 heterocycles. The number of carbonyl (C=O) groups is 1. The van der Waals surface area contributed by atoms with E-state index in [1.807, 2.05) is 6.92 Å². The van der Waals surface area contributed by atoms with E-state index in [0.717, 1.165) is 36.2 Å². The van der Waals surface area contributed by atoms with Crippen molar-refractivity contribution >= 4 is 5.97 Å². The minimum Gasteiger partial charge on any atom is -1.00 e. The van der Waals surface area contributed by atoms with Gasteiger partial charge in [0.05, 0.1) is 0 Å². The molecule has 0 aromatic rings. The number of aliphatic carboxylic acids is 1. The zero-order chi connectivity index (χ0) is 17.0. The van der Waals surface area contributed by atoms with Crippen LogP contribution in [0, 0.1) is 17.8 Å². The summed E-state index contributed by atoms with van der Waals surface area (Å²) in [5.41, 5.74) is 0.985. The molecule has 0 amide bonds. The van der Waals surface area contributed by atoms with Gasteiger partial charge >= 0.3 is 109 Å². The van der Waals surface area contributed by atoms with Crippen molar-refractivity contribution in [3.05, 3.63) is 11.6 Å². The van der Waals surface area contributed by atoms with Crippen molar-refractivity contribution < 1.29 is 116 Å². The quantitative estimate of drug-likeness (QED) is 0.371. The fraction of sp³-hybridized carbons (Fsp3) is 0.850. The van der Waals surface area contributed by atoms with E-state index in [4.69, 9.17) is 5.11 Å². The third-order valence-electron chi connectivity index (χ3n) is 4.51. The molecule has 0 saturated heterocycles. The van der Waals surface area contributed by atoms with Gasteiger partial charge in [0.1, 0.15) is 0 Å². The summed E-state index contributed by atoms with van der Waals surface area (Å²) >= 11 is 0. The summed E-state index contributed by atoms with van der Waals surface area (Å²) in [5, 5.41) is 8.68. The summed E-state index contributed by atoms with van der Waals surface area (Å²) in [4.78, 5) is 10.5. The van der Waals surface area contributed by atoms with Crippen molar-refractivity contribution in [2.45, 2.75) is 92.4 Å². The summed E-state index contributed by atoms with van der Waals surface area (Å²) in [6.07, 6.45) is 12.7. The second kappa shape index (κ2) is 20.2. The maximum atomic E-state index is 10.5. The number of hydrogen-bond donors (Lipinski definition) is 1. The van der Waals surface area contributed by atoms with Gasteiger partial charge < -0.3 is 7.96 Å². The summed E-state index contributed by atoms with van der Waals surface area (Å²) < 4.78 is 0. The van der Waals surface area contributed by atoms with Gasteiger partial charge in [0.15, 0.2) is 0 Å². The van der Waals surface area contributed by atoms with E-state index in [2.05, 4.69) is 27.7 Å². The summed E-state index contributed by atoms with van der Waals surface area (Å²) in [5.74, 6) is 1.65. The van der Waals surface area contributed by atoms with Gasteiger partial charge in [0, 0.05) is 6.08 Å². The molecule has 0 spiro atoms. The predicted molar refractivity (Wildman–Crippen MR) is 98.3 cm³/mol. The van der Waals surface area contributed by atoms with Crippen molar-refractivity contribution in [1.82, 2.24) is 0 Å². The first-order valence-corrected chi connectivity index (χ1v) is 9.21. The molecule has 0 aromatic carbocycles. The van der Waals surface area contributed by atoms with Crippen molar-refractivity contribution in [2.24, 2.45) is 17.8 Å². The van der Waals surface area contributed by atoms with Gasteiger partial charge in [-0.2, -0.15) is 0 Å². The Labute approximate surface area is 239 Å². The molecular weight excluding hydrogens is 350 g/mol. The molecular formula is C20H40K2O2. The Kier molecular flexibility index (Phi) is 26.3. The van der Waals surface area contributed by atoms with Crippen LogP contribution in [0.3, 0.4) is 0 Å². The summed E-state index contributed by atoms with van der Waals surface area (Å²) in [6.45, 7) is 11.3.